The zero-order valence-electron chi connectivity index (χ0n) is 14.8. The number of rotatable bonds is 4. The fourth-order valence-corrected chi connectivity index (χ4v) is 3.61. The van der Waals surface area contributed by atoms with E-state index < -0.39 is 0 Å². The zero-order valence-corrected chi connectivity index (χ0v) is 15.6. The van der Waals surface area contributed by atoms with Crippen LogP contribution in [-0.2, 0) is 6.54 Å². The Morgan fingerprint density at radius 1 is 1.00 bits per heavy atom. The Morgan fingerprint density at radius 2 is 1.77 bits per heavy atom. The first-order valence-electron chi connectivity index (χ1n) is 8.88. The number of hydrogen-bond donors (Lipinski definition) is 0. The maximum absolute atomic E-state index is 6.18. The van der Waals surface area contributed by atoms with E-state index in [9.17, 15) is 0 Å². The normalized spacial score (nSPS) is 15.4. The van der Waals surface area contributed by atoms with Crippen LogP contribution in [0.3, 0.4) is 0 Å². The zero-order chi connectivity index (χ0) is 17.9. The number of piperazine rings is 1. The van der Waals surface area contributed by atoms with E-state index in [4.69, 9.17) is 11.6 Å². The van der Waals surface area contributed by atoms with Crippen LogP contribution in [0.25, 0.3) is 5.69 Å². The molecule has 1 aliphatic heterocycles. The van der Waals surface area contributed by atoms with Gasteiger partial charge in [-0.1, -0.05) is 35.9 Å². The van der Waals surface area contributed by atoms with Crippen molar-refractivity contribution in [3.05, 3.63) is 71.3 Å². The summed E-state index contributed by atoms with van der Waals surface area (Å²) in [5.74, 6) is 0.976. The van der Waals surface area contributed by atoms with Crippen molar-refractivity contribution in [2.24, 2.45) is 0 Å². The molecular formula is C20H22ClN5. The first-order valence-corrected chi connectivity index (χ1v) is 9.26. The topological polar surface area (TPSA) is 37.2 Å². The van der Waals surface area contributed by atoms with Crippen molar-refractivity contribution >= 4 is 17.3 Å². The van der Waals surface area contributed by atoms with Gasteiger partial charge < -0.3 is 4.90 Å². The number of benzene rings is 2. The lowest BCUT2D eigenvalue weighted by atomic mass is 10.1. The Labute approximate surface area is 158 Å². The molecule has 1 fully saturated rings. The predicted octanol–water partition coefficient (Wildman–Crippen LogP) is 3.55. The van der Waals surface area contributed by atoms with Gasteiger partial charge in [-0.15, -0.1) is 10.2 Å². The highest BCUT2D eigenvalue weighted by atomic mass is 35.5. The Bertz CT molecular complexity index is 869. The number of aryl methyl sites for hydroxylation is 1. The molecular weight excluding hydrogens is 346 g/mol. The summed E-state index contributed by atoms with van der Waals surface area (Å²) >= 11 is 6.18. The van der Waals surface area contributed by atoms with Crippen LogP contribution in [0, 0.1) is 6.92 Å². The van der Waals surface area contributed by atoms with E-state index >= 15 is 0 Å². The highest BCUT2D eigenvalue weighted by Gasteiger charge is 2.20. The molecule has 0 spiro atoms. The van der Waals surface area contributed by atoms with Gasteiger partial charge in [-0.2, -0.15) is 0 Å². The largest absolute Gasteiger partial charge is 0.369 e. The van der Waals surface area contributed by atoms with Gasteiger partial charge in [0.05, 0.1) is 6.54 Å². The minimum Gasteiger partial charge on any atom is -0.369 e. The Morgan fingerprint density at radius 3 is 2.54 bits per heavy atom. The van der Waals surface area contributed by atoms with Crippen LogP contribution in [0.2, 0.25) is 5.02 Å². The lowest BCUT2D eigenvalue weighted by Crippen LogP contribution is -2.46. The number of para-hydroxylation sites is 1. The van der Waals surface area contributed by atoms with Gasteiger partial charge >= 0.3 is 0 Å². The van der Waals surface area contributed by atoms with Crippen molar-refractivity contribution in [1.82, 2.24) is 19.7 Å². The highest BCUT2D eigenvalue weighted by molar-refractivity contribution is 6.30. The molecule has 5 nitrogen and oxygen atoms in total. The number of halogens is 1. The van der Waals surface area contributed by atoms with Gasteiger partial charge in [-0.3, -0.25) is 9.47 Å². The van der Waals surface area contributed by atoms with Crippen molar-refractivity contribution < 1.29 is 0 Å². The average Bonchev–Trinajstić information content (AvgIpc) is 3.13. The van der Waals surface area contributed by atoms with Crippen molar-refractivity contribution in [2.45, 2.75) is 13.5 Å². The molecule has 1 saturated heterocycles. The minimum absolute atomic E-state index is 0.795. The SMILES string of the molecule is Cc1ccc(Cl)cc1N1CCN(Cc2nncn2-c2ccccc2)CC1. The van der Waals surface area contributed by atoms with Gasteiger partial charge in [0.2, 0.25) is 0 Å². The molecule has 0 N–H and O–H groups in total. The quantitative estimate of drug-likeness (QED) is 0.706. The summed E-state index contributed by atoms with van der Waals surface area (Å²) in [6.07, 6.45) is 1.79. The number of aromatic nitrogens is 3. The number of hydrogen-bond acceptors (Lipinski definition) is 4. The van der Waals surface area contributed by atoms with Crippen LogP contribution in [0.5, 0.6) is 0 Å². The molecule has 1 aliphatic rings. The molecule has 0 atom stereocenters. The molecule has 2 heterocycles. The molecule has 0 saturated carbocycles. The molecule has 0 aliphatic carbocycles. The van der Waals surface area contributed by atoms with Crippen molar-refractivity contribution in [3.63, 3.8) is 0 Å². The molecule has 1 aromatic heterocycles. The Hall–Kier alpha value is -2.37. The van der Waals surface area contributed by atoms with Crippen LogP contribution in [0.15, 0.2) is 54.9 Å². The van der Waals surface area contributed by atoms with Gasteiger partial charge in [-0.05, 0) is 36.8 Å². The van der Waals surface area contributed by atoms with E-state index in [1.165, 1.54) is 11.3 Å². The maximum Gasteiger partial charge on any atom is 0.151 e. The molecule has 4 rings (SSSR count). The van der Waals surface area contributed by atoms with Gasteiger partial charge in [0.25, 0.3) is 0 Å². The Balaban J connectivity index is 1.42. The standard InChI is InChI=1S/C20H22ClN5/c1-16-7-8-17(21)13-19(16)25-11-9-24(10-12-25)14-20-23-22-15-26(20)18-5-3-2-4-6-18/h2-8,13,15H,9-12,14H2,1H3. The van der Waals surface area contributed by atoms with E-state index in [2.05, 4.69) is 55.8 Å². The smallest absolute Gasteiger partial charge is 0.151 e. The van der Waals surface area contributed by atoms with Gasteiger partial charge in [0, 0.05) is 42.6 Å². The molecule has 2 aromatic carbocycles. The first-order chi connectivity index (χ1) is 12.7. The Kier molecular flexibility index (Phi) is 4.91. The van der Waals surface area contributed by atoms with Crippen LogP contribution in [-0.4, -0.2) is 45.8 Å². The summed E-state index contributed by atoms with van der Waals surface area (Å²) in [5.41, 5.74) is 3.61. The van der Waals surface area contributed by atoms with Crippen LogP contribution < -0.4 is 4.90 Å². The van der Waals surface area contributed by atoms with Crippen LogP contribution in [0.4, 0.5) is 5.69 Å². The molecule has 0 radical (unpaired) electrons. The van der Waals surface area contributed by atoms with E-state index in [-0.39, 0.29) is 0 Å². The summed E-state index contributed by atoms with van der Waals surface area (Å²) in [6.45, 7) is 6.90. The van der Waals surface area contributed by atoms with Crippen molar-refractivity contribution in [1.29, 1.82) is 0 Å². The molecule has 0 bridgehead atoms. The summed E-state index contributed by atoms with van der Waals surface area (Å²) in [6, 6.07) is 16.3. The summed E-state index contributed by atoms with van der Waals surface area (Å²) < 4.78 is 2.06. The third-order valence-corrected chi connectivity index (χ3v) is 5.14. The van der Waals surface area contributed by atoms with Crippen LogP contribution in [0.1, 0.15) is 11.4 Å². The lowest BCUT2D eigenvalue weighted by Gasteiger charge is -2.36. The van der Waals surface area contributed by atoms with Gasteiger partial charge in [0.1, 0.15) is 6.33 Å². The monoisotopic (exact) mass is 367 g/mol. The molecule has 26 heavy (non-hydrogen) atoms. The summed E-state index contributed by atoms with van der Waals surface area (Å²) in [5, 5.41) is 9.23. The number of nitrogens with zero attached hydrogens (tertiary/aromatic N) is 5. The predicted molar refractivity (Wildman–Crippen MR) is 105 cm³/mol. The minimum atomic E-state index is 0.795. The van der Waals surface area contributed by atoms with Crippen molar-refractivity contribution in [3.8, 4) is 5.69 Å². The van der Waals surface area contributed by atoms with E-state index in [0.717, 1.165) is 49.3 Å². The van der Waals surface area contributed by atoms with Crippen LogP contribution >= 0.6 is 11.6 Å². The second-order valence-electron chi connectivity index (χ2n) is 6.65. The van der Waals surface area contributed by atoms with Gasteiger partial charge in [0.15, 0.2) is 5.82 Å². The molecule has 0 amide bonds. The maximum atomic E-state index is 6.18. The third-order valence-electron chi connectivity index (χ3n) is 4.90. The molecule has 6 heteroatoms. The van der Waals surface area contributed by atoms with Gasteiger partial charge in [-0.25, -0.2) is 0 Å². The lowest BCUT2D eigenvalue weighted by molar-refractivity contribution is 0.242. The van der Waals surface area contributed by atoms with E-state index in [0.29, 0.717) is 0 Å². The second-order valence-corrected chi connectivity index (χ2v) is 7.08. The fraction of sp³-hybridized carbons (Fsp3) is 0.300. The molecule has 134 valence electrons. The first kappa shape index (κ1) is 17.1. The number of anilines is 1. The summed E-state index contributed by atoms with van der Waals surface area (Å²) in [7, 11) is 0. The molecule has 0 unspecified atom stereocenters. The average molecular weight is 368 g/mol. The van der Waals surface area contributed by atoms with E-state index in [1.54, 1.807) is 6.33 Å². The van der Waals surface area contributed by atoms with E-state index in [1.807, 2.05) is 24.3 Å². The third kappa shape index (κ3) is 3.59. The second kappa shape index (κ2) is 7.48. The fourth-order valence-electron chi connectivity index (χ4n) is 3.44. The van der Waals surface area contributed by atoms with Crippen molar-refractivity contribution in [2.75, 3.05) is 31.1 Å². The summed E-state index contributed by atoms with van der Waals surface area (Å²) in [4.78, 5) is 4.85. The molecule has 3 aromatic rings. The highest BCUT2D eigenvalue weighted by Crippen LogP contribution is 2.25.